The molecule has 3 aromatic rings. The monoisotopic (exact) mass is 435 g/mol. The number of nitrogens with zero attached hydrogens (tertiary/aromatic N) is 4. The van der Waals surface area contributed by atoms with Gasteiger partial charge in [-0.1, -0.05) is 25.1 Å². The van der Waals surface area contributed by atoms with E-state index < -0.39 is 23.3 Å². The molecule has 0 radical (unpaired) electrons. The molecule has 2 heterocycles. The molecule has 0 bridgehead atoms. The number of nitrogens with one attached hydrogen (secondary N) is 1. The van der Waals surface area contributed by atoms with E-state index in [2.05, 4.69) is 20.3 Å². The molecule has 0 spiro atoms. The van der Waals surface area contributed by atoms with Crippen molar-refractivity contribution >= 4 is 11.8 Å². The second-order valence-electron chi connectivity index (χ2n) is 8.07. The molecule has 166 valence electrons. The van der Waals surface area contributed by atoms with Gasteiger partial charge in [-0.3, -0.25) is 19.6 Å². The van der Waals surface area contributed by atoms with Gasteiger partial charge >= 0.3 is 0 Å². The zero-order valence-electron chi connectivity index (χ0n) is 18.3. The molecule has 2 aromatic heterocycles. The Hall–Kier alpha value is -3.68. The summed E-state index contributed by atoms with van der Waals surface area (Å²) in [6.07, 6.45) is 8.20. The summed E-state index contributed by atoms with van der Waals surface area (Å²) in [6, 6.07) is 8.13. The van der Waals surface area contributed by atoms with E-state index in [0.717, 1.165) is 5.56 Å². The zero-order chi connectivity index (χ0) is 23.1. The lowest BCUT2D eigenvalue weighted by atomic mass is 9.98. The molecule has 2 amide bonds. The predicted molar refractivity (Wildman–Crippen MR) is 118 cm³/mol. The second kappa shape index (κ2) is 10.1. The largest absolute Gasteiger partial charge is 0.349 e. The van der Waals surface area contributed by atoms with E-state index in [4.69, 9.17) is 0 Å². The maximum atomic E-state index is 13.6. The smallest absolute Gasteiger partial charge is 0.275 e. The maximum Gasteiger partial charge on any atom is 0.275 e. The summed E-state index contributed by atoms with van der Waals surface area (Å²) in [5, 5.41) is 3.01. The van der Waals surface area contributed by atoms with Crippen LogP contribution in [0.2, 0.25) is 0 Å². The number of aromatic nitrogens is 3. The van der Waals surface area contributed by atoms with Crippen LogP contribution >= 0.6 is 0 Å². The lowest BCUT2D eigenvalue weighted by Gasteiger charge is -2.34. The van der Waals surface area contributed by atoms with Gasteiger partial charge in [-0.15, -0.1) is 0 Å². The van der Waals surface area contributed by atoms with Gasteiger partial charge in [0.05, 0.1) is 6.20 Å². The van der Waals surface area contributed by atoms with Crippen LogP contribution in [0, 0.1) is 5.82 Å². The molecule has 8 heteroatoms. The third kappa shape index (κ3) is 5.72. The number of benzene rings is 1. The van der Waals surface area contributed by atoms with Gasteiger partial charge in [0.2, 0.25) is 5.91 Å². The number of hydrogen-bond acceptors (Lipinski definition) is 5. The van der Waals surface area contributed by atoms with Crippen molar-refractivity contribution in [3.05, 3.63) is 90.0 Å². The minimum absolute atomic E-state index is 0.102. The fourth-order valence-electron chi connectivity index (χ4n) is 3.13. The van der Waals surface area contributed by atoms with Crippen molar-refractivity contribution in [2.75, 3.05) is 0 Å². The van der Waals surface area contributed by atoms with Crippen LogP contribution < -0.4 is 5.32 Å². The van der Waals surface area contributed by atoms with Crippen molar-refractivity contribution in [3.63, 3.8) is 0 Å². The van der Waals surface area contributed by atoms with Gasteiger partial charge in [-0.2, -0.15) is 0 Å². The molecule has 7 nitrogen and oxygen atoms in total. The Bertz CT molecular complexity index is 1040. The molecule has 0 saturated heterocycles. The van der Waals surface area contributed by atoms with Crippen LogP contribution in [-0.2, 0) is 11.3 Å². The van der Waals surface area contributed by atoms with Gasteiger partial charge in [0.25, 0.3) is 5.91 Å². The number of amides is 2. The van der Waals surface area contributed by atoms with Crippen LogP contribution in [0.3, 0.4) is 0 Å². The molecule has 1 aromatic carbocycles. The van der Waals surface area contributed by atoms with Crippen LogP contribution in [0.25, 0.3) is 0 Å². The molecule has 32 heavy (non-hydrogen) atoms. The molecule has 0 fully saturated rings. The molecule has 1 N–H and O–H groups in total. The Kier molecular flexibility index (Phi) is 7.25. The van der Waals surface area contributed by atoms with Gasteiger partial charge in [-0.25, -0.2) is 9.37 Å². The summed E-state index contributed by atoms with van der Waals surface area (Å²) in [7, 11) is 0. The third-order valence-corrected chi connectivity index (χ3v) is 5.21. The predicted octanol–water partition coefficient (Wildman–Crippen LogP) is 3.70. The van der Waals surface area contributed by atoms with Crippen LogP contribution in [0.1, 0.15) is 54.8 Å². The molecule has 0 aliphatic carbocycles. The van der Waals surface area contributed by atoms with Crippen molar-refractivity contribution in [1.29, 1.82) is 0 Å². The van der Waals surface area contributed by atoms with Crippen LogP contribution in [0.5, 0.6) is 0 Å². The summed E-state index contributed by atoms with van der Waals surface area (Å²) in [5.74, 6) is -1.27. The van der Waals surface area contributed by atoms with Crippen LogP contribution in [-0.4, -0.2) is 37.2 Å². The fourth-order valence-corrected chi connectivity index (χ4v) is 3.13. The fraction of sp³-hybridized carbons (Fsp3) is 0.292. The molecule has 3 rings (SSSR count). The Balaban J connectivity index is 2.09. The standard InChI is InChI=1S/C24H26FN5O2/c1-4-24(2,3)29-22(31)21(18-7-9-19(25)10-8-18)30(16-17-6-5-11-26-14-17)23(32)20-15-27-12-13-28-20/h5-15,21H,4,16H2,1-3H3,(H,29,31). The molecule has 0 aliphatic rings. The molecular formula is C24H26FN5O2. The number of carbonyl (C=O) groups excluding carboxylic acids is 2. The first-order chi connectivity index (χ1) is 15.3. The first-order valence-corrected chi connectivity index (χ1v) is 10.3. The molecule has 0 saturated carbocycles. The second-order valence-corrected chi connectivity index (χ2v) is 8.07. The van der Waals surface area contributed by atoms with Crippen LogP contribution in [0.15, 0.2) is 67.4 Å². The molecule has 0 aliphatic heterocycles. The average molecular weight is 436 g/mol. The maximum absolute atomic E-state index is 13.6. The van der Waals surface area contributed by atoms with Crippen molar-refractivity contribution in [2.45, 2.75) is 45.3 Å². The minimum Gasteiger partial charge on any atom is -0.349 e. The van der Waals surface area contributed by atoms with Crippen LogP contribution in [0.4, 0.5) is 4.39 Å². The highest BCUT2D eigenvalue weighted by Gasteiger charge is 2.35. The van der Waals surface area contributed by atoms with Crippen molar-refractivity contribution in [3.8, 4) is 0 Å². The number of rotatable bonds is 8. The van der Waals surface area contributed by atoms with E-state index in [-0.39, 0.29) is 18.1 Å². The van der Waals surface area contributed by atoms with Gasteiger partial charge in [0.1, 0.15) is 17.6 Å². The van der Waals surface area contributed by atoms with E-state index in [9.17, 15) is 14.0 Å². The average Bonchev–Trinajstić information content (AvgIpc) is 2.80. The number of carbonyl (C=O) groups is 2. The van der Waals surface area contributed by atoms with Gasteiger partial charge in [0.15, 0.2) is 0 Å². The van der Waals surface area contributed by atoms with Crippen molar-refractivity contribution < 1.29 is 14.0 Å². The highest BCUT2D eigenvalue weighted by atomic mass is 19.1. The lowest BCUT2D eigenvalue weighted by Crippen LogP contribution is -2.50. The van der Waals surface area contributed by atoms with E-state index in [1.165, 1.54) is 47.8 Å². The Morgan fingerprint density at radius 1 is 1.06 bits per heavy atom. The summed E-state index contributed by atoms with van der Waals surface area (Å²) in [6.45, 7) is 5.88. The normalized spacial score (nSPS) is 12.1. The van der Waals surface area contributed by atoms with E-state index >= 15 is 0 Å². The minimum atomic E-state index is -1.02. The molecule has 1 unspecified atom stereocenters. The summed E-state index contributed by atoms with van der Waals surface area (Å²) >= 11 is 0. The molecular weight excluding hydrogens is 409 g/mol. The molecule has 1 atom stereocenters. The zero-order valence-corrected chi connectivity index (χ0v) is 18.3. The topological polar surface area (TPSA) is 88.1 Å². The summed E-state index contributed by atoms with van der Waals surface area (Å²) in [4.78, 5) is 40.7. The Labute approximate surface area is 186 Å². The van der Waals surface area contributed by atoms with E-state index in [0.29, 0.717) is 12.0 Å². The summed E-state index contributed by atoms with van der Waals surface area (Å²) in [5.41, 5.74) is 0.827. The SMILES string of the molecule is CCC(C)(C)NC(=O)C(c1ccc(F)cc1)N(Cc1cccnc1)C(=O)c1cnccn1. The summed E-state index contributed by atoms with van der Waals surface area (Å²) < 4.78 is 13.6. The Morgan fingerprint density at radius 2 is 1.78 bits per heavy atom. The quantitative estimate of drug-likeness (QED) is 0.583. The van der Waals surface area contributed by atoms with Gasteiger partial charge in [0, 0.05) is 36.9 Å². The van der Waals surface area contributed by atoms with Gasteiger partial charge < -0.3 is 10.2 Å². The number of pyridine rings is 1. The Morgan fingerprint density at radius 3 is 2.38 bits per heavy atom. The van der Waals surface area contributed by atoms with Crippen molar-refractivity contribution in [2.24, 2.45) is 0 Å². The first-order valence-electron chi connectivity index (χ1n) is 10.3. The number of hydrogen-bond donors (Lipinski definition) is 1. The van der Waals surface area contributed by atoms with E-state index in [1.54, 1.807) is 18.5 Å². The number of halogens is 1. The van der Waals surface area contributed by atoms with E-state index in [1.807, 2.05) is 26.8 Å². The lowest BCUT2D eigenvalue weighted by molar-refractivity contribution is -0.127. The van der Waals surface area contributed by atoms with Gasteiger partial charge in [-0.05, 0) is 49.6 Å². The highest BCUT2D eigenvalue weighted by Crippen LogP contribution is 2.26. The third-order valence-electron chi connectivity index (χ3n) is 5.21. The van der Waals surface area contributed by atoms with Crippen molar-refractivity contribution in [1.82, 2.24) is 25.2 Å². The first kappa shape index (κ1) is 23.0. The highest BCUT2D eigenvalue weighted by molar-refractivity contribution is 5.96.